The summed E-state index contributed by atoms with van der Waals surface area (Å²) in [6.45, 7) is 1.79. The van der Waals surface area contributed by atoms with Gasteiger partial charge in [0.25, 0.3) is 9.05 Å². The van der Waals surface area contributed by atoms with Crippen molar-refractivity contribution in [2.24, 2.45) is 0 Å². The smallest absolute Gasteiger partial charge is 0.261 e. The minimum absolute atomic E-state index is 0.0108. The van der Waals surface area contributed by atoms with Crippen LogP contribution in [0.15, 0.2) is 28.0 Å². The van der Waals surface area contributed by atoms with Crippen LogP contribution in [0.3, 0.4) is 0 Å². The molecule has 0 fully saturated rings. The maximum atomic E-state index is 11.4. The molecule has 0 unspecified atom stereocenters. The van der Waals surface area contributed by atoms with Crippen molar-refractivity contribution in [1.82, 2.24) is 0 Å². The van der Waals surface area contributed by atoms with Gasteiger partial charge in [-0.05, 0) is 25.1 Å². The van der Waals surface area contributed by atoms with Crippen LogP contribution in [0.25, 0.3) is 0 Å². The Kier molecular flexibility index (Phi) is 2.90. The molecule has 1 N–H and O–H groups in total. The van der Waals surface area contributed by atoms with Crippen LogP contribution in [-0.2, 0) is 13.8 Å². The number of carbonyl (C=O) groups is 1. The number of benzene rings is 1. The third kappa shape index (κ3) is 2.18. The van der Waals surface area contributed by atoms with E-state index in [0.29, 0.717) is 5.69 Å². The number of halogens is 1. The molecule has 1 amide bonds. The molecule has 0 saturated carbocycles. The molecule has 1 aromatic rings. The summed E-state index contributed by atoms with van der Waals surface area (Å²) in [6.07, 6.45) is 0. The Morgan fingerprint density at radius 1 is 1.44 bits per heavy atom. The van der Waals surface area contributed by atoms with E-state index in [1.165, 1.54) is 23.9 Å². The molecular formula is C9H8ClNO3S2. The first-order valence-electron chi connectivity index (χ1n) is 4.44. The van der Waals surface area contributed by atoms with Crippen molar-refractivity contribution >= 4 is 43.1 Å². The first-order chi connectivity index (χ1) is 7.38. The molecule has 86 valence electrons. The Labute approximate surface area is 102 Å². The molecule has 1 aromatic carbocycles. The van der Waals surface area contributed by atoms with Crippen molar-refractivity contribution < 1.29 is 13.2 Å². The summed E-state index contributed by atoms with van der Waals surface area (Å²) in [5.74, 6) is -0.137. The van der Waals surface area contributed by atoms with Crippen molar-refractivity contribution in [2.75, 3.05) is 5.32 Å². The minimum atomic E-state index is -3.76. The second kappa shape index (κ2) is 3.94. The maximum Gasteiger partial charge on any atom is 0.261 e. The van der Waals surface area contributed by atoms with E-state index in [-0.39, 0.29) is 16.1 Å². The molecule has 1 aliphatic rings. The fourth-order valence-electron chi connectivity index (χ4n) is 1.34. The van der Waals surface area contributed by atoms with Gasteiger partial charge in [0.05, 0.1) is 15.8 Å². The number of anilines is 1. The molecule has 0 bridgehead atoms. The number of rotatable bonds is 1. The molecule has 0 saturated heterocycles. The normalized spacial score (nSPS) is 20.1. The zero-order valence-corrected chi connectivity index (χ0v) is 10.6. The van der Waals surface area contributed by atoms with Crippen LogP contribution in [0.5, 0.6) is 0 Å². The van der Waals surface area contributed by atoms with Gasteiger partial charge < -0.3 is 5.32 Å². The zero-order chi connectivity index (χ0) is 11.9. The van der Waals surface area contributed by atoms with Gasteiger partial charge in [-0.1, -0.05) is 0 Å². The van der Waals surface area contributed by atoms with Gasteiger partial charge >= 0.3 is 0 Å². The zero-order valence-electron chi connectivity index (χ0n) is 8.23. The largest absolute Gasteiger partial charge is 0.324 e. The predicted molar refractivity (Wildman–Crippen MR) is 63.4 cm³/mol. The van der Waals surface area contributed by atoms with Crippen LogP contribution in [0.2, 0.25) is 0 Å². The van der Waals surface area contributed by atoms with Crippen LogP contribution in [0.1, 0.15) is 6.92 Å². The van der Waals surface area contributed by atoms with Gasteiger partial charge in [0.15, 0.2) is 0 Å². The van der Waals surface area contributed by atoms with Crippen molar-refractivity contribution in [3.05, 3.63) is 18.2 Å². The molecular weight excluding hydrogens is 270 g/mol. The monoisotopic (exact) mass is 277 g/mol. The molecule has 1 atom stereocenters. The van der Waals surface area contributed by atoms with Crippen molar-refractivity contribution in [2.45, 2.75) is 22.0 Å². The highest BCUT2D eigenvalue weighted by atomic mass is 35.7. The average molecular weight is 278 g/mol. The maximum absolute atomic E-state index is 11.4. The lowest BCUT2D eigenvalue weighted by Crippen LogP contribution is -2.26. The summed E-state index contributed by atoms with van der Waals surface area (Å²) in [6, 6.07) is 4.44. The van der Waals surface area contributed by atoms with E-state index in [0.717, 1.165) is 4.90 Å². The number of hydrogen-bond donors (Lipinski definition) is 1. The molecule has 0 radical (unpaired) electrons. The van der Waals surface area contributed by atoms with E-state index in [1.54, 1.807) is 13.0 Å². The van der Waals surface area contributed by atoms with E-state index in [2.05, 4.69) is 5.32 Å². The number of hydrogen-bond acceptors (Lipinski definition) is 4. The average Bonchev–Trinajstić information content (AvgIpc) is 2.17. The molecule has 0 spiro atoms. The van der Waals surface area contributed by atoms with Crippen LogP contribution >= 0.6 is 22.4 Å². The Bertz CT molecular complexity index is 556. The quantitative estimate of drug-likeness (QED) is 0.798. The second-order valence-electron chi connectivity index (χ2n) is 3.35. The van der Waals surface area contributed by atoms with Crippen molar-refractivity contribution in [3.63, 3.8) is 0 Å². The minimum Gasteiger partial charge on any atom is -0.324 e. The third-order valence-corrected chi connectivity index (χ3v) is 4.69. The number of fused-ring (bicyclic) bond motifs is 1. The van der Waals surface area contributed by atoms with E-state index in [1.807, 2.05) is 0 Å². The second-order valence-corrected chi connectivity index (χ2v) is 7.29. The Morgan fingerprint density at radius 2 is 2.12 bits per heavy atom. The number of amides is 1. The highest BCUT2D eigenvalue weighted by Crippen LogP contribution is 2.37. The SMILES string of the molecule is C[C@@H]1Sc2ccc(S(=O)(=O)Cl)cc2NC1=O. The molecule has 0 aliphatic carbocycles. The first kappa shape index (κ1) is 11.8. The van der Waals surface area contributed by atoms with Gasteiger partial charge in [-0.15, -0.1) is 11.8 Å². The molecule has 0 aromatic heterocycles. The fraction of sp³-hybridized carbons (Fsp3) is 0.222. The van der Waals surface area contributed by atoms with Gasteiger partial charge in [0.1, 0.15) is 0 Å². The van der Waals surface area contributed by atoms with E-state index in [9.17, 15) is 13.2 Å². The molecule has 1 aliphatic heterocycles. The van der Waals surface area contributed by atoms with Gasteiger partial charge in [-0.2, -0.15) is 0 Å². The summed E-state index contributed by atoms with van der Waals surface area (Å²) >= 11 is 1.39. The molecule has 2 rings (SSSR count). The van der Waals surface area contributed by atoms with Crippen LogP contribution in [0.4, 0.5) is 5.69 Å². The highest BCUT2D eigenvalue weighted by Gasteiger charge is 2.24. The summed E-state index contributed by atoms with van der Waals surface area (Å²) in [5.41, 5.74) is 0.495. The van der Waals surface area contributed by atoms with Crippen molar-refractivity contribution in [3.8, 4) is 0 Å². The summed E-state index contributed by atoms with van der Waals surface area (Å²) in [5, 5.41) is 2.46. The summed E-state index contributed by atoms with van der Waals surface area (Å²) < 4.78 is 22.2. The number of nitrogens with one attached hydrogen (secondary N) is 1. The lowest BCUT2D eigenvalue weighted by Gasteiger charge is -2.21. The fourth-order valence-corrected chi connectivity index (χ4v) is 3.05. The predicted octanol–water partition coefficient (Wildman–Crippen LogP) is 2.05. The molecule has 1 heterocycles. The van der Waals surface area contributed by atoms with Gasteiger partial charge in [0.2, 0.25) is 5.91 Å². The standard InChI is InChI=1S/C9H8ClNO3S2/c1-5-9(12)11-7-4-6(16(10,13)14)2-3-8(7)15-5/h2-5H,1H3,(H,11,12)/t5-/m0/s1. The lowest BCUT2D eigenvalue weighted by atomic mass is 10.3. The van der Waals surface area contributed by atoms with E-state index >= 15 is 0 Å². The summed E-state index contributed by atoms with van der Waals surface area (Å²) in [4.78, 5) is 12.2. The Hall–Kier alpha value is -0.720. The third-order valence-electron chi connectivity index (χ3n) is 2.16. The number of thioether (sulfide) groups is 1. The van der Waals surface area contributed by atoms with Gasteiger partial charge in [0, 0.05) is 15.6 Å². The number of carbonyl (C=O) groups excluding carboxylic acids is 1. The molecule has 7 heteroatoms. The molecule has 4 nitrogen and oxygen atoms in total. The van der Waals surface area contributed by atoms with Crippen molar-refractivity contribution in [1.29, 1.82) is 0 Å². The van der Waals surface area contributed by atoms with E-state index in [4.69, 9.17) is 10.7 Å². The van der Waals surface area contributed by atoms with E-state index < -0.39 is 9.05 Å². The van der Waals surface area contributed by atoms with Crippen LogP contribution in [0, 0.1) is 0 Å². The van der Waals surface area contributed by atoms with Crippen LogP contribution < -0.4 is 5.32 Å². The Balaban J connectivity index is 2.48. The van der Waals surface area contributed by atoms with Gasteiger partial charge in [-0.3, -0.25) is 4.79 Å². The highest BCUT2D eigenvalue weighted by molar-refractivity contribution is 8.13. The van der Waals surface area contributed by atoms with Gasteiger partial charge in [-0.25, -0.2) is 8.42 Å². The summed E-state index contributed by atoms with van der Waals surface area (Å²) in [7, 11) is 1.46. The lowest BCUT2D eigenvalue weighted by molar-refractivity contribution is -0.115. The first-order valence-corrected chi connectivity index (χ1v) is 7.63. The van der Waals surface area contributed by atoms with Crippen LogP contribution in [-0.4, -0.2) is 19.6 Å². The molecule has 16 heavy (non-hydrogen) atoms. The topological polar surface area (TPSA) is 63.2 Å². The Morgan fingerprint density at radius 3 is 2.75 bits per heavy atom.